The number of hydrogen-bond acceptors (Lipinski definition) is 3. The van der Waals surface area contributed by atoms with Gasteiger partial charge in [-0.15, -0.1) is 0 Å². The highest BCUT2D eigenvalue weighted by Gasteiger charge is 2.41. The molecule has 3 fully saturated rings. The van der Waals surface area contributed by atoms with Crippen LogP contribution in [-0.4, -0.2) is 41.8 Å². The molecule has 2 N–H and O–H groups in total. The monoisotopic (exact) mass is 266 g/mol. The third kappa shape index (κ3) is 3.14. The third-order valence-electron chi connectivity index (χ3n) is 5.60. The van der Waals surface area contributed by atoms with Crippen LogP contribution in [0.25, 0.3) is 0 Å². The first-order chi connectivity index (χ1) is 9.17. The lowest BCUT2D eigenvalue weighted by atomic mass is 9.83. The Morgan fingerprint density at radius 1 is 1.16 bits per heavy atom. The summed E-state index contributed by atoms with van der Waals surface area (Å²) in [6.07, 6.45) is 12.2. The zero-order valence-electron chi connectivity index (χ0n) is 12.4. The molecule has 1 saturated carbocycles. The molecule has 3 rings (SSSR count). The van der Waals surface area contributed by atoms with Gasteiger partial charge in [0.2, 0.25) is 0 Å². The Morgan fingerprint density at radius 3 is 2.68 bits per heavy atom. The summed E-state index contributed by atoms with van der Waals surface area (Å²) in [6, 6.07) is 1.05. The van der Waals surface area contributed by atoms with Crippen LogP contribution in [0.3, 0.4) is 0 Å². The van der Waals surface area contributed by atoms with Gasteiger partial charge in [-0.1, -0.05) is 19.3 Å². The highest BCUT2D eigenvalue weighted by molar-refractivity contribution is 4.93. The summed E-state index contributed by atoms with van der Waals surface area (Å²) in [7, 11) is 0. The number of hydrogen-bond donors (Lipinski definition) is 1. The van der Waals surface area contributed by atoms with Gasteiger partial charge in [0.25, 0.3) is 0 Å². The fraction of sp³-hybridized carbons (Fsp3) is 1.00. The number of ether oxygens (including phenoxy) is 1. The number of rotatable bonds is 2. The van der Waals surface area contributed by atoms with Crippen molar-refractivity contribution >= 4 is 0 Å². The molecule has 3 atom stereocenters. The first kappa shape index (κ1) is 13.8. The van der Waals surface area contributed by atoms with Crippen LogP contribution >= 0.6 is 0 Å². The van der Waals surface area contributed by atoms with E-state index in [1.54, 1.807) is 0 Å². The number of piperidine rings is 1. The maximum Gasteiger partial charge on any atom is 0.0710 e. The fourth-order valence-electron chi connectivity index (χ4n) is 4.38. The SMILES string of the molecule is CC1CC(N)CCN1CC1CCC2(CCCCC2)O1. The summed E-state index contributed by atoms with van der Waals surface area (Å²) >= 11 is 0. The average molecular weight is 266 g/mol. The normalized spacial score (nSPS) is 39.8. The van der Waals surface area contributed by atoms with Crippen molar-refractivity contribution in [3.8, 4) is 0 Å². The van der Waals surface area contributed by atoms with Crippen LogP contribution in [0, 0.1) is 0 Å². The van der Waals surface area contributed by atoms with E-state index >= 15 is 0 Å². The van der Waals surface area contributed by atoms with Crippen molar-refractivity contribution in [3.05, 3.63) is 0 Å². The highest BCUT2D eigenvalue weighted by atomic mass is 16.5. The lowest BCUT2D eigenvalue weighted by molar-refractivity contribution is -0.0764. The zero-order valence-corrected chi connectivity index (χ0v) is 12.4. The van der Waals surface area contributed by atoms with Gasteiger partial charge in [-0.3, -0.25) is 4.90 Å². The van der Waals surface area contributed by atoms with Crippen molar-refractivity contribution in [2.45, 2.75) is 88.5 Å². The van der Waals surface area contributed by atoms with Gasteiger partial charge in [-0.2, -0.15) is 0 Å². The van der Waals surface area contributed by atoms with E-state index in [-0.39, 0.29) is 5.60 Å². The Labute approximate surface area is 117 Å². The first-order valence-corrected chi connectivity index (χ1v) is 8.34. The molecule has 110 valence electrons. The van der Waals surface area contributed by atoms with Crippen molar-refractivity contribution in [2.75, 3.05) is 13.1 Å². The largest absolute Gasteiger partial charge is 0.370 e. The molecule has 0 aromatic carbocycles. The van der Waals surface area contributed by atoms with Gasteiger partial charge in [0.15, 0.2) is 0 Å². The quantitative estimate of drug-likeness (QED) is 0.835. The summed E-state index contributed by atoms with van der Waals surface area (Å²) in [5, 5.41) is 0. The topological polar surface area (TPSA) is 38.5 Å². The van der Waals surface area contributed by atoms with Crippen molar-refractivity contribution in [1.82, 2.24) is 4.90 Å². The summed E-state index contributed by atoms with van der Waals surface area (Å²) in [5.74, 6) is 0. The van der Waals surface area contributed by atoms with Crippen LogP contribution in [0.5, 0.6) is 0 Å². The first-order valence-electron chi connectivity index (χ1n) is 8.34. The van der Waals surface area contributed by atoms with Crippen LogP contribution in [0.15, 0.2) is 0 Å². The zero-order chi connectivity index (χ0) is 13.3. The molecular weight excluding hydrogens is 236 g/mol. The lowest BCUT2D eigenvalue weighted by Gasteiger charge is -2.39. The molecule has 2 saturated heterocycles. The number of likely N-dealkylation sites (tertiary alicyclic amines) is 1. The van der Waals surface area contributed by atoms with Crippen molar-refractivity contribution in [1.29, 1.82) is 0 Å². The average Bonchev–Trinajstić information content (AvgIpc) is 2.77. The molecule has 1 aliphatic carbocycles. The Morgan fingerprint density at radius 2 is 1.95 bits per heavy atom. The molecule has 0 bridgehead atoms. The highest BCUT2D eigenvalue weighted by Crippen LogP contribution is 2.42. The second-order valence-corrected chi connectivity index (χ2v) is 7.15. The van der Waals surface area contributed by atoms with Crippen LogP contribution in [0.1, 0.15) is 64.7 Å². The van der Waals surface area contributed by atoms with Crippen LogP contribution in [0.4, 0.5) is 0 Å². The fourth-order valence-corrected chi connectivity index (χ4v) is 4.38. The molecule has 0 amide bonds. The second kappa shape index (κ2) is 5.71. The molecule has 3 aliphatic rings. The van der Waals surface area contributed by atoms with Crippen molar-refractivity contribution in [3.63, 3.8) is 0 Å². The minimum atomic E-state index is 0.276. The van der Waals surface area contributed by atoms with Crippen molar-refractivity contribution in [2.24, 2.45) is 5.73 Å². The Kier molecular flexibility index (Phi) is 4.16. The molecule has 0 aromatic rings. The maximum atomic E-state index is 6.49. The summed E-state index contributed by atoms with van der Waals surface area (Å²) < 4.78 is 6.49. The Balaban J connectivity index is 1.51. The van der Waals surface area contributed by atoms with Gasteiger partial charge in [-0.05, 0) is 52.0 Å². The molecule has 3 nitrogen and oxygen atoms in total. The van der Waals surface area contributed by atoms with Crippen molar-refractivity contribution < 1.29 is 4.74 Å². The molecule has 19 heavy (non-hydrogen) atoms. The van der Waals surface area contributed by atoms with Gasteiger partial charge < -0.3 is 10.5 Å². The predicted octanol–water partition coefficient (Wildman–Crippen LogP) is 2.68. The van der Waals surface area contributed by atoms with E-state index in [9.17, 15) is 0 Å². The van der Waals surface area contributed by atoms with Gasteiger partial charge >= 0.3 is 0 Å². The molecule has 0 radical (unpaired) electrons. The standard InChI is InChI=1S/C16H30N2O/c1-13-11-14(17)6-10-18(13)12-15-5-9-16(19-15)7-3-2-4-8-16/h13-15H,2-12,17H2,1H3. The van der Waals surface area contributed by atoms with Gasteiger partial charge in [0, 0.05) is 18.6 Å². The summed E-state index contributed by atoms with van der Waals surface area (Å²) in [5.41, 5.74) is 6.33. The molecule has 0 aromatic heterocycles. The van der Waals surface area contributed by atoms with Gasteiger partial charge in [-0.25, -0.2) is 0 Å². The van der Waals surface area contributed by atoms with Crippen LogP contribution < -0.4 is 5.73 Å². The minimum absolute atomic E-state index is 0.276. The van der Waals surface area contributed by atoms with E-state index in [2.05, 4.69) is 11.8 Å². The van der Waals surface area contributed by atoms with Gasteiger partial charge in [0.1, 0.15) is 0 Å². The van der Waals surface area contributed by atoms with E-state index in [0.29, 0.717) is 18.2 Å². The summed E-state index contributed by atoms with van der Waals surface area (Å²) in [4.78, 5) is 2.61. The number of nitrogens with two attached hydrogens (primary N) is 1. The second-order valence-electron chi connectivity index (χ2n) is 7.15. The van der Waals surface area contributed by atoms with E-state index in [4.69, 9.17) is 10.5 Å². The molecule has 1 spiro atoms. The van der Waals surface area contributed by atoms with Crippen LogP contribution in [0.2, 0.25) is 0 Å². The van der Waals surface area contributed by atoms with Crippen LogP contribution in [-0.2, 0) is 4.74 Å². The Hall–Kier alpha value is -0.120. The number of nitrogens with zero attached hydrogens (tertiary/aromatic N) is 1. The molecule has 3 heteroatoms. The molecule has 3 unspecified atom stereocenters. The maximum absolute atomic E-state index is 6.49. The van der Waals surface area contributed by atoms with E-state index in [1.165, 1.54) is 44.9 Å². The molecular formula is C16H30N2O. The third-order valence-corrected chi connectivity index (χ3v) is 5.60. The minimum Gasteiger partial charge on any atom is -0.370 e. The lowest BCUT2D eigenvalue weighted by Crippen LogP contribution is -2.48. The van der Waals surface area contributed by atoms with E-state index in [1.807, 2.05) is 0 Å². The van der Waals surface area contributed by atoms with E-state index in [0.717, 1.165) is 25.9 Å². The molecule has 2 heterocycles. The Bertz CT molecular complexity index is 301. The summed E-state index contributed by atoms with van der Waals surface area (Å²) in [6.45, 7) is 4.62. The predicted molar refractivity (Wildman–Crippen MR) is 78.2 cm³/mol. The van der Waals surface area contributed by atoms with Gasteiger partial charge in [0.05, 0.1) is 11.7 Å². The molecule has 2 aliphatic heterocycles. The van der Waals surface area contributed by atoms with E-state index < -0.39 is 0 Å². The smallest absolute Gasteiger partial charge is 0.0710 e.